The van der Waals surface area contributed by atoms with Gasteiger partial charge in [0.1, 0.15) is 5.75 Å². The summed E-state index contributed by atoms with van der Waals surface area (Å²) in [6.45, 7) is 0.476. The molecule has 4 N–H and O–H groups in total. The highest BCUT2D eigenvalue weighted by Crippen LogP contribution is 2.28. The molecule has 1 saturated carbocycles. The van der Waals surface area contributed by atoms with Gasteiger partial charge in [-0.05, 0) is 30.5 Å². The van der Waals surface area contributed by atoms with E-state index in [9.17, 15) is 15.0 Å². The first kappa shape index (κ1) is 14.1. The van der Waals surface area contributed by atoms with Crippen LogP contribution in [0.3, 0.4) is 0 Å². The van der Waals surface area contributed by atoms with Crippen molar-refractivity contribution < 1.29 is 10.2 Å². The number of hydrogen-bond donors (Lipinski definition) is 4. The van der Waals surface area contributed by atoms with E-state index in [4.69, 9.17) is 0 Å². The Morgan fingerprint density at radius 2 is 2.00 bits per heavy atom. The summed E-state index contributed by atoms with van der Waals surface area (Å²) in [6.07, 6.45) is 4.15. The third-order valence-corrected chi connectivity index (χ3v) is 4.22. The summed E-state index contributed by atoms with van der Waals surface area (Å²) in [6, 6.07) is 6.75. The van der Waals surface area contributed by atoms with E-state index in [1.54, 1.807) is 12.1 Å². The Kier molecular flexibility index (Phi) is 3.94. The van der Waals surface area contributed by atoms with Crippen molar-refractivity contribution in [3.05, 3.63) is 40.2 Å². The summed E-state index contributed by atoms with van der Waals surface area (Å²) in [5, 5.41) is 24.3. The lowest BCUT2D eigenvalue weighted by atomic mass is 10.0. The molecule has 1 aliphatic rings. The summed E-state index contributed by atoms with van der Waals surface area (Å²) in [5.41, 5.74) is 0.818. The molecular weight excluding hydrogens is 268 g/mol. The van der Waals surface area contributed by atoms with Crippen molar-refractivity contribution in [2.45, 2.75) is 37.8 Å². The van der Waals surface area contributed by atoms with Gasteiger partial charge in [0.2, 0.25) is 5.56 Å². The minimum absolute atomic E-state index is 0.0161. The van der Waals surface area contributed by atoms with Crippen molar-refractivity contribution in [1.29, 1.82) is 0 Å². The molecule has 1 aliphatic carbocycles. The van der Waals surface area contributed by atoms with Crippen LogP contribution >= 0.6 is 0 Å². The van der Waals surface area contributed by atoms with Crippen molar-refractivity contribution in [3.63, 3.8) is 0 Å². The predicted octanol–water partition coefficient (Wildman–Crippen LogP) is 1.80. The van der Waals surface area contributed by atoms with E-state index in [2.05, 4.69) is 10.3 Å². The molecule has 0 bridgehead atoms. The van der Waals surface area contributed by atoms with Crippen LogP contribution in [-0.2, 0) is 0 Å². The fourth-order valence-electron chi connectivity index (χ4n) is 3.07. The van der Waals surface area contributed by atoms with Crippen molar-refractivity contribution in [3.8, 4) is 5.75 Å². The number of aromatic nitrogens is 1. The molecule has 1 heterocycles. The van der Waals surface area contributed by atoms with Crippen molar-refractivity contribution in [1.82, 2.24) is 10.3 Å². The topological polar surface area (TPSA) is 85.3 Å². The number of phenolic OH excluding ortho intramolecular Hbond substituents is 1. The zero-order valence-corrected chi connectivity index (χ0v) is 11.8. The van der Waals surface area contributed by atoms with E-state index in [0.29, 0.717) is 29.1 Å². The molecule has 2 aromatic rings. The number of aromatic hydroxyl groups is 1. The molecule has 1 aromatic carbocycles. The van der Waals surface area contributed by atoms with Gasteiger partial charge in [-0.25, -0.2) is 0 Å². The molecule has 5 nitrogen and oxygen atoms in total. The Balaban J connectivity index is 1.85. The fraction of sp³-hybridized carbons (Fsp3) is 0.438. The average Bonchev–Trinajstić information content (AvgIpc) is 2.99. The van der Waals surface area contributed by atoms with Crippen LogP contribution in [0.4, 0.5) is 0 Å². The molecule has 3 rings (SSSR count). The standard InChI is InChI=1S/C16H20N2O3/c19-13-7-5-11(12-6-8-15(21)18-16(12)13)14(20)9-17-10-3-1-2-4-10/h5-8,10,14,17,19-20H,1-4,9H2,(H,18,21)/t14-/m0/s1. The Morgan fingerprint density at radius 3 is 2.76 bits per heavy atom. The van der Waals surface area contributed by atoms with Gasteiger partial charge in [0.25, 0.3) is 0 Å². The lowest BCUT2D eigenvalue weighted by molar-refractivity contribution is 0.171. The number of hydrogen-bond acceptors (Lipinski definition) is 4. The Hall–Kier alpha value is -1.85. The lowest BCUT2D eigenvalue weighted by Crippen LogP contribution is -2.30. The van der Waals surface area contributed by atoms with Gasteiger partial charge < -0.3 is 20.5 Å². The number of aliphatic hydroxyl groups is 1. The maximum Gasteiger partial charge on any atom is 0.248 e. The number of aromatic amines is 1. The van der Waals surface area contributed by atoms with Crippen molar-refractivity contribution in [2.24, 2.45) is 0 Å². The second kappa shape index (κ2) is 5.87. The molecule has 0 amide bonds. The summed E-state index contributed by atoms with van der Waals surface area (Å²) in [5.74, 6) is 0.0161. The number of aliphatic hydroxyl groups excluding tert-OH is 1. The summed E-state index contributed by atoms with van der Waals surface area (Å²) >= 11 is 0. The van der Waals surface area contributed by atoms with Crippen LogP contribution in [0, 0.1) is 0 Å². The van der Waals surface area contributed by atoms with Crippen LogP contribution in [0.2, 0.25) is 0 Å². The third-order valence-electron chi connectivity index (χ3n) is 4.22. The molecule has 21 heavy (non-hydrogen) atoms. The van der Waals surface area contributed by atoms with E-state index in [-0.39, 0.29) is 11.3 Å². The minimum Gasteiger partial charge on any atom is -0.506 e. The molecule has 0 spiro atoms. The molecule has 0 aliphatic heterocycles. The quantitative estimate of drug-likeness (QED) is 0.691. The van der Waals surface area contributed by atoms with E-state index in [0.717, 1.165) is 12.8 Å². The van der Waals surface area contributed by atoms with Crippen molar-refractivity contribution in [2.75, 3.05) is 6.54 Å². The van der Waals surface area contributed by atoms with Gasteiger partial charge in [-0.2, -0.15) is 0 Å². The Morgan fingerprint density at radius 1 is 1.24 bits per heavy atom. The van der Waals surface area contributed by atoms with Crippen LogP contribution in [0.1, 0.15) is 37.4 Å². The Bertz CT molecular complexity index is 689. The monoisotopic (exact) mass is 288 g/mol. The minimum atomic E-state index is -0.667. The number of pyridine rings is 1. The highest BCUT2D eigenvalue weighted by atomic mass is 16.3. The number of nitrogens with one attached hydrogen (secondary N) is 2. The highest BCUT2D eigenvalue weighted by molar-refractivity contribution is 5.87. The van der Waals surface area contributed by atoms with E-state index < -0.39 is 6.10 Å². The zero-order valence-electron chi connectivity index (χ0n) is 11.8. The second-order valence-electron chi connectivity index (χ2n) is 5.69. The SMILES string of the molecule is O=c1ccc2c([C@@H](O)CNC3CCCC3)ccc(O)c2[nH]1. The maximum absolute atomic E-state index is 11.4. The molecule has 0 unspecified atom stereocenters. The molecule has 1 atom stereocenters. The summed E-state index contributed by atoms with van der Waals surface area (Å²) in [4.78, 5) is 14.0. The second-order valence-corrected chi connectivity index (χ2v) is 5.69. The predicted molar refractivity (Wildman–Crippen MR) is 81.5 cm³/mol. The number of rotatable bonds is 4. The van der Waals surface area contributed by atoms with E-state index in [1.165, 1.54) is 25.0 Å². The van der Waals surface area contributed by atoms with E-state index in [1.807, 2.05) is 0 Å². The van der Waals surface area contributed by atoms with Crippen LogP contribution in [0.15, 0.2) is 29.1 Å². The van der Waals surface area contributed by atoms with Crippen LogP contribution in [-0.4, -0.2) is 27.8 Å². The van der Waals surface area contributed by atoms with Gasteiger partial charge in [-0.15, -0.1) is 0 Å². The van der Waals surface area contributed by atoms with Crippen molar-refractivity contribution >= 4 is 10.9 Å². The maximum atomic E-state index is 11.4. The van der Waals surface area contributed by atoms with Crippen LogP contribution in [0.25, 0.3) is 10.9 Å². The average molecular weight is 288 g/mol. The van der Waals surface area contributed by atoms with Gasteiger partial charge in [-0.1, -0.05) is 18.9 Å². The van der Waals surface area contributed by atoms with Gasteiger partial charge in [0.15, 0.2) is 0 Å². The molecule has 5 heteroatoms. The smallest absolute Gasteiger partial charge is 0.248 e. The molecule has 112 valence electrons. The van der Waals surface area contributed by atoms with Crippen LogP contribution < -0.4 is 10.9 Å². The first-order valence-electron chi connectivity index (χ1n) is 7.41. The molecule has 0 radical (unpaired) electrons. The number of benzene rings is 1. The van der Waals surface area contributed by atoms with Gasteiger partial charge in [0.05, 0.1) is 11.6 Å². The van der Waals surface area contributed by atoms with Gasteiger partial charge in [0, 0.05) is 24.0 Å². The highest BCUT2D eigenvalue weighted by Gasteiger charge is 2.18. The summed E-state index contributed by atoms with van der Waals surface area (Å²) in [7, 11) is 0. The zero-order chi connectivity index (χ0) is 14.8. The first-order chi connectivity index (χ1) is 10.1. The lowest BCUT2D eigenvalue weighted by Gasteiger charge is -2.18. The number of fused-ring (bicyclic) bond motifs is 1. The van der Waals surface area contributed by atoms with Crippen LogP contribution in [0.5, 0.6) is 5.75 Å². The summed E-state index contributed by atoms with van der Waals surface area (Å²) < 4.78 is 0. The normalized spacial score (nSPS) is 17.4. The third kappa shape index (κ3) is 2.94. The largest absolute Gasteiger partial charge is 0.506 e. The fourth-order valence-corrected chi connectivity index (χ4v) is 3.07. The molecular formula is C16H20N2O3. The van der Waals surface area contributed by atoms with E-state index >= 15 is 0 Å². The number of phenols is 1. The molecule has 0 saturated heterocycles. The van der Waals surface area contributed by atoms with Gasteiger partial charge >= 0.3 is 0 Å². The Labute approximate surface area is 122 Å². The van der Waals surface area contributed by atoms with Gasteiger partial charge in [-0.3, -0.25) is 4.79 Å². The molecule has 1 aromatic heterocycles. The first-order valence-corrected chi connectivity index (χ1v) is 7.41. The number of H-pyrrole nitrogens is 1. The molecule has 1 fully saturated rings.